The number of allylic oxidation sites excluding steroid dienone is 2. The Labute approximate surface area is 368 Å². The van der Waals surface area contributed by atoms with E-state index in [0.29, 0.717) is 19.1 Å². The first-order valence-corrected chi connectivity index (χ1v) is 21.9. The van der Waals surface area contributed by atoms with Crippen molar-refractivity contribution in [1.82, 2.24) is 9.91 Å². The van der Waals surface area contributed by atoms with E-state index in [9.17, 15) is 39.9 Å². The second kappa shape index (κ2) is 19.3. The molecular formula is C47H64N4O12. The normalized spacial score (nSPS) is 32.4. The van der Waals surface area contributed by atoms with Gasteiger partial charge in [-0.1, -0.05) is 58.8 Å². The van der Waals surface area contributed by atoms with Crippen molar-refractivity contribution >= 4 is 40.3 Å². The molecule has 2 fully saturated rings. The summed E-state index contributed by atoms with van der Waals surface area (Å²) < 4.78 is 23.7. The number of Topliss-reactive ketones (excluding diaryl/α,β-unsaturated/α-hetero) is 1. The summed E-state index contributed by atoms with van der Waals surface area (Å²) >= 11 is 0. The number of esters is 1. The molecule has 9 atom stereocenters. The highest BCUT2D eigenvalue weighted by Gasteiger charge is 2.50. The largest absolute Gasteiger partial charge is 0.507 e. The number of methoxy groups -OCH3 is 1. The Bertz CT molecular complexity index is 2190. The first kappa shape index (κ1) is 47.3. The number of nitrogens with zero attached hydrogens (tertiary/aromatic N) is 3. The third-order valence-electron chi connectivity index (χ3n) is 13.5. The Morgan fingerprint density at radius 1 is 0.921 bits per heavy atom. The van der Waals surface area contributed by atoms with Crippen molar-refractivity contribution in [2.45, 2.75) is 117 Å². The summed E-state index contributed by atoms with van der Waals surface area (Å²) in [6, 6.07) is 0.553. The van der Waals surface area contributed by atoms with Crippen LogP contribution >= 0.6 is 0 Å². The fourth-order valence-electron chi connectivity index (χ4n) is 9.47. The van der Waals surface area contributed by atoms with Crippen molar-refractivity contribution < 1.29 is 58.9 Å². The van der Waals surface area contributed by atoms with Crippen molar-refractivity contribution in [3.63, 3.8) is 0 Å². The second-order valence-electron chi connectivity index (χ2n) is 17.8. The maximum absolute atomic E-state index is 14.5. The summed E-state index contributed by atoms with van der Waals surface area (Å²) in [7, 11) is 1.44. The Morgan fingerprint density at radius 2 is 1.59 bits per heavy atom. The fraction of sp³-hybridized carbons (Fsp3) is 0.574. The topological polar surface area (TPSA) is 220 Å². The number of anilines is 1. The third-order valence-corrected chi connectivity index (χ3v) is 13.5. The molecular weight excluding hydrogens is 813 g/mol. The van der Waals surface area contributed by atoms with E-state index in [-0.39, 0.29) is 44.5 Å². The number of hydrogen-bond donors (Lipinski definition) is 6. The quantitative estimate of drug-likeness (QED) is 0.0926. The maximum Gasteiger partial charge on any atom is 0.312 e. The summed E-state index contributed by atoms with van der Waals surface area (Å²) in [5.41, 5.74) is -0.293. The van der Waals surface area contributed by atoms with E-state index in [4.69, 9.17) is 18.9 Å². The summed E-state index contributed by atoms with van der Waals surface area (Å²) in [6.07, 6.45) is 9.75. The molecule has 1 saturated heterocycles. The Balaban J connectivity index is 1.47. The van der Waals surface area contributed by atoms with Gasteiger partial charge in [0.2, 0.25) is 0 Å². The van der Waals surface area contributed by atoms with Crippen LogP contribution in [0.5, 0.6) is 23.0 Å². The number of nitrogens with one attached hydrogen (secondary N) is 1. The van der Waals surface area contributed by atoms with Gasteiger partial charge in [0.1, 0.15) is 23.4 Å². The number of hydrogen-bond acceptors (Lipinski definition) is 15. The zero-order chi connectivity index (χ0) is 46.1. The van der Waals surface area contributed by atoms with Crippen LogP contribution in [-0.2, 0) is 23.8 Å². The van der Waals surface area contributed by atoms with E-state index in [0.717, 1.165) is 13.1 Å². The number of phenols is 3. The molecule has 5 aliphatic rings. The van der Waals surface area contributed by atoms with E-state index in [1.165, 1.54) is 85.1 Å². The van der Waals surface area contributed by atoms with Gasteiger partial charge in [-0.3, -0.25) is 24.3 Å². The molecule has 344 valence electrons. The molecule has 63 heavy (non-hydrogen) atoms. The molecule has 0 radical (unpaired) electrons. The van der Waals surface area contributed by atoms with Crippen LogP contribution in [-0.4, -0.2) is 129 Å². The minimum Gasteiger partial charge on any atom is -0.507 e. The van der Waals surface area contributed by atoms with Crippen LogP contribution in [0.25, 0.3) is 10.8 Å². The molecule has 5 bridgehead atoms. The predicted molar refractivity (Wildman–Crippen MR) is 237 cm³/mol. The molecule has 4 aliphatic heterocycles. The van der Waals surface area contributed by atoms with Crippen LogP contribution < -0.4 is 10.1 Å². The third kappa shape index (κ3) is 9.40. The number of fused-ring (bicyclic) bond motifs is 14. The molecule has 16 nitrogen and oxygen atoms in total. The SMILES string of the molecule is CO[C@H]1/C=C/O[C@@]2(C)Oc3c(C)c(O)c4c(O)c(c(/C=N\N5CCN(C6CCCC6)CC5)c(O)c4c3C2=O)NC(=O)/C(C)=C\C=C\[C@H](C)[C@H](O)[C@@H](C)[C@@H](O)[C@@H](C)[C@@H](OC(C)=O)[C@@H]1C. The van der Waals surface area contributed by atoms with Crippen molar-refractivity contribution in [2.24, 2.45) is 28.8 Å². The molecule has 1 aliphatic carbocycles. The number of aliphatic hydroxyl groups excluding tert-OH is 2. The van der Waals surface area contributed by atoms with Gasteiger partial charge in [-0.15, -0.1) is 0 Å². The van der Waals surface area contributed by atoms with Crippen LogP contribution in [0.3, 0.4) is 0 Å². The first-order chi connectivity index (χ1) is 29.8. The average molecular weight is 877 g/mol. The standard InChI is InChI=1S/C47H64N4O12/c1-24-13-12-14-25(2)46(59)49-37-32(23-48-51-20-18-50(19-21-51)31-15-10-11-16-31)41(56)34-35(42(37)57)40(55)29(6)44-36(34)45(58)47(8,63-44)61-22-17-33(60-9)26(3)43(62-30(7)52)28(5)39(54)27(4)38(24)53/h12-14,17,22-24,26-28,31,33,38-39,43,53-57H,10-11,15-16,18-21H2,1-9H3,(H,49,59)/b13-12+,22-17+,25-14-,48-23-/t24-,26+,27+,28+,33-,38-,39+,43-,47-/m0/s1. The number of rotatable bonds is 5. The molecule has 6 N–H and O–H groups in total. The summed E-state index contributed by atoms with van der Waals surface area (Å²) in [6.45, 7) is 15.4. The van der Waals surface area contributed by atoms with Gasteiger partial charge in [-0.2, -0.15) is 5.10 Å². The zero-order valence-corrected chi connectivity index (χ0v) is 37.8. The van der Waals surface area contributed by atoms with Crippen molar-refractivity contribution in [1.29, 1.82) is 0 Å². The lowest BCUT2D eigenvalue weighted by molar-refractivity contribution is -0.160. The summed E-state index contributed by atoms with van der Waals surface area (Å²) in [4.78, 5) is 43.2. The number of carbonyl (C=O) groups excluding carboxylic acids is 3. The molecule has 2 aromatic carbocycles. The lowest BCUT2D eigenvalue weighted by atomic mass is 9.78. The minimum absolute atomic E-state index is 0.0631. The Hall–Kier alpha value is -5.16. The molecule has 0 unspecified atom stereocenters. The van der Waals surface area contributed by atoms with Gasteiger partial charge in [0, 0.05) is 93.4 Å². The van der Waals surface area contributed by atoms with Gasteiger partial charge >= 0.3 is 11.8 Å². The van der Waals surface area contributed by atoms with Gasteiger partial charge in [-0.05, 0) is 32.8 Å². The lowest BCUT2D eigenvalue weighted by Gasteiger charge is -2.38. The van der Waals surface area contributed by atoms with Gasteiger partial charge in [0.05, 0.1) is 53.0 Å². The van der Waals surface area contributed by atoms with Crippen molar-refractivity contribution in [3.8, 4) is 23.0 Å². The number of hydrazone groups is 1. The van der Waals surface area contributed by atoms with Crippen LogP contribution in [0.4, 0.5) is 5.69 Å². The number of aliphatic hydroxyl groups is 2. The molecule has 1 amide bonds. The smallest absolute Gasteiger partial charge is 0.312 e. The van der Waals surface area contributed by atoms with E-state index in [2.05, 4.69) is 15.3 Å². The number of carbonyl (C=O) groups is 3. The van der Waals surface area contributed by atoms with Gasteiger partial charge in [-0.25, -0.2) is 0 Å². The highest BCUT2D eigenvalue weighted by molar-refractivity contribution is 6.23. The zero-order valence-electron chi connectivity index (χ0n) is 37.8. The van der Waals surface area contributed by atoms with E-state index in [1.54, 1.807) is 39.8 Å². The number of amides is 1. The number of ketones is 1. The van der Waals surface area contributed by atoms with Crippen molar-refractivity contribution in [2.75, 3.05) is 38.6 Å². The van der Waals surface area contributed by atoms with Gasteiger partial charge in [0.25, 0.3) is 11.7 Å². The second-order valence-corrected chi connectivity index (χ2v) is 17.8. The number of piperazine rings is 1. The van der Waals surface area contributed by atoms with E-state index >= 15 is 0 Å². The maximum atomic E-state index is 14.5. The molecule has 7 rings (SSSR count). The molecule has 2 aromatic rings. The summed E-state index contributed by atoms with van der Waals surface area (Å²) in [5, 5.41) is 67.6. The van der Waals surface area contributed by atoms with Crippen LogP contribution in [0.15, 0.2) is 41.2 Å². The average Bonchev–Trinajstić information content (AvgIpc) is 3.89. The number of benzene rings is 2. The van der Waals surface area contributed by atoms with Crippen LogP contribution in [0.1, 0.15) is 95.6 Å². The lowest BCUT2D eigenvalue weighted by Crippen LogP contribution is -2.47. The highest BCUT2D eigenvalue weighted by Crippen LogP contribution is 2.55. The fourth-order valence-corrected chi connectivity index (χ4v) is 9.47. The highest BCUT2D eigenvalue weighted by atomic mass is 16.7. The molecule has 16 heteroatoms. The van der Waals surface area contributed by atoms with E-state index < -0.39 is 88.8 Å². The predicted octanol–water partition coefficient (Wildman–Crippen LogP) is 5.65. The van der Waals surface area contributed by atoms with Gasteiger partial charge < -0.3 is 49.8 Å². The molecule has 0 spiro atoms. The molecule has 1 saturated carbocycles. The van der Waals surface area contributed by atoms with E-state index in [1.807, 2.05) is 5.01 Å². The summed E-state index contributed by atoms with van der Waals surface area (Å²) in [5.74, 6) is -8.28. The number of phenolic OH excluding ortho intramolecular Hbond substituents is 3. The monoisotopic (exact) mass is 876 g/mol. The van der Waals surface area contributed by atoms with Crippen LogP contribution in [0, 0.1) is 30.6 Å². The van der Waals surface area contributed by atoms with Gasteiger partial charge in [0.15, 0.2) is 5.75 Å². The minimum atomic E-state index is -2.04. The molecule has 0 aromatic heterocycles. The first-order valence-electron chi connectivity index (χ1n) is 21.9. The Kier molecular flexibility index (Phi) is 14.5. The van der Waals surface area contributed by atoms with Crippen molar-refractivity contribution in [3.05, 3.63) is 52.8 Å². The number of ether oxygens (including phenoxy) is 4. The molecule has 4 heterocycles. The number of aromatic hydroxyl groups is 3. The Morgan fingerprint density at radius 3 is 2.22 bits per heavy atom. The van der Waals surface area contributed by atoms with Crippen LogP contribution in [0.2, 0.25) is 0 Å².